The van der Waals surface area contributed by atoms with Crippen molar-refractivity contribution in [1.29, 1.82) is 5.26 Å². The van der Waals surface area contributed by atoms with Gasteiger partial charge in [-0.05, 0) is 37.4 Å². The van der Waals surface area contributed by atoms with Crippen molar-refractivity contribution in [2.24, 2.45) is 0 Å². The van der Waals surface area contributed by atoms with Crippen LogP contribution in [0.25, 0.3) is 10.9 Å². The van der Waals surface area contributed by atoms with Gasteiger partial charge in [0.2, 0.25) is 0 Å². The van der Waals surface area contributed by atoms with Crippen molar-refractivity contribution in [2.75, 3.05) is 43.4 Å². The maximum atomic E-state index is 9.45. The van der Waals surface area contributed by atoms with E-state index in [0.29, 0.717) is 5.56 Å². The molecule has 2 heterocycles. The minimum atomic E-state index is 0.548. The standard InChI is InChI=1S/C21H21N5/c1-25-10-12-26(13-11-25)18-8-6-17(7-9-18)24-21-16(14-22)15-23-20-5-3-2-4-19(20)21/h2-9,15H,10-13H2,1H3,(H,23,24). The second kappa shape index (κ2) is 7.03. The Bertz CT molecular complexity index is 950. The summed E-state index contributed by atoms with van der Waals surface area (Å²) in [6, 6.07) is 18.5. The van der Waals surface area contributed by atoms with Crippen LogP contribution < -0.4 is 10.2 Å². The topological polar surface area (TPSA) is 55.2 Å². The van der Waals surface area contributed by atoms with Gasteiger partial charge in [0.1, 0.15) is 6.07 Å². The van der Waals surface area contributed by atoms with E-state index in [4.69, 9.17) is 0 Å². The molecule has 1 N–H and O–H groups in total. The summed E-state index contributed by atoms with van der Waals surface area (Å²) in [6.07, 6.45) is 1.63. The number of hydrogen-bond donors (Lipinski definition) is 1. The number of nitrogens with zero attached hydrogens (tertiary/aromatic N) is 4. The molecule has 4 rings (SSSR count). The molecule has 1 saturated heterocycles. The Morgan fingerprint density at radius 1 is 1.00 bits per heavy atom. The van der Waals surface area contributed by atoms with Crippen LogP contribution in [0.4, 0.5) is 17.1 Å². The third-order valence-electron chi connectivity index (χ3n) is 4.90. The lowest BCUT2D eigenvalue weighted by Gasteiger charge is -2.34. The molecule has 26 heavy (non-hydrogen) atoms. The van der Waals surface area contributed by atoms with E-state index in [1.165, 1.54) is 5.69 Å². The SMILES string of the molecule is CN1CCN(c2ccc(Nc3c(C#N)cnc4ccccc34)cc2)CC1. The fourth-order valence-electron chi connectivity index (χ4n) is 3.33. The highest BCUT2D eigenvalue weighted by molar-refractivity contribution is 5.95. The van der Waals surface area contributed by atoms with Gasteiger partial charge in [-0.1, -0.05) is 18.2 Å². The number of rotatable bonds is 3. The zero-order valence-electron chi connectivity index (χ0n) is 14.8. The molecular formula is C21H21N5. The summed E-state index contributed by atoms with van der Waals surface area (Å²) < 4.78 is 0. The molecule has 0 amide bonds. The summed E-state index contributed by atoms with van der Waals surface area (Å²) in [5.74, 6) is 0. The van der Waals surface area contributed by atoms with Gasteiger partial charge < -0.3 is 15.1 Å². The molecule has 0 spiro atoms. The third-order valence-corrected chi connectivity index (χ3v) is 4.90. The molecule has 0 radical (unpaired) electrons. The molecule has 1 aliphatic rings. The van der Waals surface area contributed by atoms with Crippen LogP contribution in [0, 0.1) is 11.3 Å². The summed E-state index contributed by atoms with van der Waals surface area (Å²) in [4.78, 5) is 9.12. The van der Waals surface area contributed by atoms with Crippen molar-refractivity contribution in [3.8, 4) is 6.07 Å². The highest BCUT2D eigenvalue weighted by Gasteiger charge is 2.14. The van der Waals surface area contributed by atoms with E-state index in [2.05, 4.69) is 57.5 Å². The van der Waals surface area contributed by atoms with E-state index in [1.807, 2.05) is 24.3 Å². The number of likely N-dealkylation sites (N-methyl/N-ethyl adjacent to an activating group) is 1. The molecule has 0 atom stereocenters. The average Bonchev–Trinajstić information content (AvgIpc) is 2.69. The third kappa shape index (κ3) is 3.19. The first-order valence-corrected chi connectivity index (χ1v) is 8.83. The first-order valence-electron chi connectivity index (χ1n) is 8.83. The van der Waals surface area contributed by atoms with Crippen LogP contribution in [0.1, 0.15) is 5.56 Å². The minimum absolute atomic E-state index is 0.548. The van der Waals surface area contributed by atoms with Crippen LogP contribution >= 0.6 is 0 Å². The van der Waals surface area contributed by atoms with Gasteiger partial charge in [-0.3, -0.25) is 4.98 Å². The Morgan fingerprint density at radius 3 is 2.46 bits per heavy atom. The van der Waals surface area contributed by atoms with Gasteiger partial charge in [-0.25, -0.2) is 0 Å². The predicted molar refractivity (Wildman–Crippen MR) is 106 cm³/mol. The Labute approximate surface area is 153 Å². The van der Waals surface area contributed by atoms with Gasteiger partial charge in [0, 0.05) is 49.1 Å². The molecule has 5 nitrogen and oxygen atoms in total. The molecule has 0 bridgehead atoms. The van der Waals surface area contributed by atoms with Crippen molar-refractivity contribution < 1.29 is 0 Å². The number of para-hydroxylation sites is 1. The average molecular weight is 343 g/mol. The summed E-state index contributed by atoms with van der Waals surface area (Å²) in [6.45, 7) is 4.29. The van der Waals surface area contributed by atoms with Crippen LogP contribution in [-0.4, -0.2) is 43.1 Å². The smallest absolute Gasteiger partial charge is 0.103 e. The Balaban J connectivity index is 1.60. The number of nitriles is 1. The summed E-state index contributed by atoms with van der Waals surface area (Å²) >= 11 is 0. The number of anilines is 3. The monoisotopic (exact) mass is 343 g/mol. The zero-order chi connectivity index (χ0) is 17.9. The van der Waals surface area contributed by atoms with Crippen LogP contribution in [0.15, 0.2) is 54.7 Å². The number of hydrogen-bond acceptors (Lipinski definition) is 5. The molecule has 3 aromatic rings. The molecular weight excluding hydrogens is 322 g/mol. The van der Waals surface area contributed by atoms with Gasteiger partial charge in [-0.2, -0.15) is 5.26 Å². The summed E-state index contributed by atoms with van der Waals surface area (Å²) in [5.41, 5.74) is 4.44. The van der Waals surface area contributed by atoms with Gasteiger partial charge in [0.05, 0.1) is 16.8 Å². The van der Waals surface area contributed by atoms with Crippen molar-refractivity contribution in [1.82, 2.24) is 9.88 Å². The Kier molecular flexibility index (Phi) is 4.42. The van der Waals surface area contributed by atoms with Gasteiger partial charge in [0.15, 0.2) is 0 Å². The molecule has 5 heteroatoms. The molecule has 1 aromatic heterocycles. The Hall–Kier alpha value is -3.10. The van der Waals surface area contributed by atoms with E-state index in [9.17, 15) is 5.26 Å². The van der Waals surface area contributed by atoms with E-state index in [0.717, 1.165) is 48.5 Å². The normalized spacial score (nSPS) is 15.0. The Morgan fingerprint density at radius 2 is 1.73 bits per heavy atom. The van der Waals surface area contributed by atoms with Crippen molar-refractivity contribution in [2.45, 2.75) is 0 Å². The fourth-order valence-corrected chi connectivity index (χ4v) is 3.33. The van der Waals surface area contributed by atoms with Crippen LogP contribution in [0.3, 0.4) is 0 Å². The van der Waals surface area contributed by atoms with Crippen LogP contribution in [0.2, 0.25) is 0 Å². The number of fused-ring (bicyclic) bond motifs is 1. The first-order chi connectivity index (χ1) is 12.7. The van der Waals surface area contributed by atoms with Gasteiger partial charge in [0.25, 0.3) is 0 Å². The zero-order valence-corrected chi connectivity index (χ0v) is 14.8. The van der Waals surface area contributed by atoms with Crippen molar-refractivity contribution in [3.05, 3.63) is 60.3 Å². The highest BCUT2D eigenvalue weighted by atomic mass is 15.2. The first kappa shape index (κ1) is 16.4. The molecule has 0 unspecified atom stereocenters. The largest absolute Gasteiger partial charge is 0.369 e. The lowest BCUT2D eigenvalue weighted by molar-refractivity contribution is 0.313. The number of piperazine rings is 1. The molecule has 2 aromatic carbocycles. The van der Waals surface area contributed by atoms with E-state index in [-0.39, 0.29) is 0 Å². The van der Waals surface area contributed by atoms with Gasteiger partial charge >= 0.3 is 0 Å². The maximum Gasteiger partial charge on any atom is 0.103 e. The van der Waals surface area contributed by atoms with Crippen molar-refractivity contribution in [3.63, 3.8) is 0 Å². The molecule has 0 saturated carbocycles. The molecule has 1 fully saturated rings. The molecule has 130 valence electrons. The fraction of sp³-hybridized carbons (Fsp3) is 0.238. The summed E-state index contributed by atoms with van der Waals surface area (Å²) in [5, 5.41) is 13.8. The second-order valence-corrected chi connectivity index (χ2v) is 6.64. The van der Waals surface area contributed by atoms with Crippen LogP contribution in [0.5, 0.6) is 0 Å². The predicted octanol–water partition coefficient (Wildman–Crippen LogP) is 3.60. The quantitative estimate of drug-likeness (QED) is 0.787. The number of benzene rings is 2. The van der Waals surface area contributed by atoms with Crippen LogP contribution in [-0.2, 0) is 0 Å². The number of nitrogens with one attached hydrogen (secondary N) is 1. The number of pyridine rings is 1. The summed E-state index contributed by atoms with van der Waals surface area (Å²) in [7, 11) is 2.16. The molecule has 0 aliphatic carbocycles. The van der Waals surface area contributed by atoms with E-state index >= 15 is 0 Å². The van der Waals surface area contributed by atoms with Gasteiger partial charge in [-0.15, -0.1) is 0 Å². The van der Waals surface area contributed by atoms with Crippen molar-refractivity contribution >= 4 is 28.0 Å². The second-order valence-electron chi connectivity index (χ2n) is 6.64. The molecule has 1 aliphatic heterocycles. The van der Waals surface area contributed by atoms with E-state index < -0.39 is 0 Å². The number of aromatic nitrogens is 1. The van der Waals surface area contributed by atoms with E-state index in [1.54, 1.807) is 6.20 Å². The lowest BCUT2D eigenvalue weighted by atomic mass is 10.1. The highest BCUT2D eigenvalue weighted by Crippen LogP contribution is 2.29. The minimum Gasteiger partial charge on any atom is -0.369 e. The lowest BCUT2D eigenvalue weighted by Crippen LogP contribution is -2.44. The maximum absolute atomic E-state index is 9.45.